The number of amides is 2. The van der Waals surface area contributed by atoms with E-state index < -0.39 is 11.8 Å². The first-order valence-corrected chi connectivity index (χ1v) is 8.25. The Morgan fingerprint density at radius 2 is 2.09 bits per heavy atom. The number of benzene rings is 1. The van der Waals surface area contributed by atoms with Crippen LogP contribution in [0.3, 0.4) is 0 Å². The van der Waals surface area contributed by atoms with E-state index in [0.717, 1.165) is 10.4 Å². The Morgan fingerprint density at radius 1 is 1.30 bits per heavy atom. The second-order valence-electron chi connectivity index (χ2n) is 5.12. The van der Waals surface area contributed by atoms with Crippen LogP contribution in [0.2, 0.25) is 4.34 Å². The number of thiophene rings is 1. The summed E-state index contributed by atoms with van der Waals surface area (Å²) in [6.07, 6.45) is 1.51. The maximum atomic E-state index is 12.3. The van der Waals surface area contributed by atoms with Gasteiger partial charge >= 0.3 is 0 Å². The number of hydrogen-bond donors (Lipinski definition) is 2. The Bertz CT molecular complexity index is 745. The fraction of sp³-hybridized carbons (Fsp3) is 0.188. The third-order valence-electron chi connectivity index (χ3n) is 3.65. The van der Waals surface area contributed by atoms with E-state index in [9.17, 15) is 9.59 Å². The highest BCUT2D eigenvalue weighted by Crippen LogP contribution is 2.29. The lowest BCUT2D eigenvalue weighted by Gasteiger charge is -2.15. The number of hydrazone groups is 1. The summed E-state index contributed by atoms with van der Waals surface area (Å²) in [5.41, 5.74) is 3.40. The predicted molar refractivity (Wildman–Crippen MR) is 90.7 cm³/mol. The number of nitrogens with zero attached hydrogens (tertiary/aromatic N) is 1. The van der Waals surface area contributed by atoms with Crippen LogP contribution < -0.4 is 10.7 Å². The average Bonchev–Trinajstić information content (AvgIpc) is 3.14. The highest BCUT2D eigenvalue weighted by Gasteiger charge is 2.40. The van der Waals surface area contributed by atoms with Gasteiger partial charge in [-0.3, -0.25) is 9.59 Å². The van der Waals surface area contributed by atoms with Crippen LogP contribution in [0.15, 0.2) is 47.6 Å². The first-order valence-electron chi connectivity index (χ1n) is 7.06. The molecule has 0 spiro atoms. The van der Waals surface area contributed by atoms with Crippen molar-refractivity contribution < 1.29 is 9.59 Å². The highest BCUT2D eigenvalue weighted by molar-refractivity contribution is 7.17. The van der Waals surface area contributed by atoms with Crippen molar-refractivity contribution in [1.29, 1.82) is 0 Å². The molecule has 0 saturated carbocycles. The summed E-state index contributed by atoms with van der Waals surface area (Å²) in [6.45, 7) is 0.450. The molecule has 1 saturated heterocycles. The molecule has 23 heavy (non-hydrogen) atoms. The van der Waals surface area contributed by atoms with Crippen molar-refractivity contribution in [1.82, 2.24) is 10.7 Å². The monoisotopic (exact) mass is 347 g/mol. The van der Waals surface area contributed by atoms with Gasteiger partial charge < -0.3 is 5.32 Å². The SMILES string of the molecule is O=C1NC[C@@H](c2ccccc2)[C@H]1C(=O)N/N=C\c1ccc(Cl)s1. The van der Waals surface area contributed by atoms with E-state index in [-0.39, 0.29) is 11.8 Å². The minimum Gasteiger partial charge on any atom is -0.355 e. The van der Waals surface area contributed by atoms with Gasteiger partial charge in [-0.15, -0.1) is 11.3 Å². The zero-order valence-corrected chi connectivity index (χ0v) is 13.6. The molecule has 0 bridgehead atoms. The third kappa shape index (κ3) is 3.60. The maximum Gasteiger partial charge on any atom is 0.253 e. The molecule has 1 aromatic heterocycles. The van der Waals surface area contributed by atoms with Crippen molar-refractivity contribution in [2.45, 2.75) is 5.92 Å². The molecule has 2 N–H and O–H groups in total. The number of carbonyl (C=O) groups excluding carboxylic acids is 2. The molecule has 118 valence electrons. The molecule has 1 aliphatic heterocycles. The smallest absolute Gasteiger partial charge is 0.253 e. The van der Waals surface area contributed by atoms with E-state index in [0.29, 0.717) is 10.9 Å². The van der Waals surface area contributed by atoms with Crippen LogP contribution in [0.5, 0.6) is 0 Å². The lowest BCUT2D eigenvalue weighted by atomic mass is 9.88. The summed E-state index contributed by atoms with van der Waals surface area (Å²) in [4.78, 5) is 25.1. The van der Waals surface area contributed by atoms with Gasteiger partial charge in [0, 0.05) is 17.3 Å². The minimum atomic E-state index is -0.776. The Labute approximate surface area is 142 Å². The van der Waals surface area contributed by atoms with Crippen molar-refractivity contribution in [2.75, 3.05) is 6.54 Å². The summed E-state index contributed by atoms with van der Waals surface area (Å²) < 4.78 is 0.650. The van der Waals surface area contributed by atoms with Gasteiger partial charge in [-0.25, -0.2) is 5.43 Å². The number of carbonyl (C=O) groups is 2. The summed E-state index contributed by atoms with van der Waals surface area (Å²) in [5.74, 6) is -1.64. The summed E-state index contributed by atoms with van der Waals surface area (Å²) >= 11 is 7.18. The van der Waals surface area contributed by atoms with Crippen LogP contribution in [0.4, 0.5) is 0 Å². The van der Waals surface area contributed by atoms with Crippen LogP contribution in [0.25, 0.3) is 0 Å². The Balaban J connectivity index is 1.69. The molecule has 0 aliphatic carbocycles. The van der Waals surface area contributed by atoms with Gasteiger partial charge in [0.1, 0.15) is 5.92 Å². The molecule has 5 nitrogen and oxygen atoms in total. The van der Waals surface area contributed by atoms with E-state index in [1.54, 1.807) is 12.1 Å². The van der Waals surface area contributed by atoms with Crippen molar-refractivity contribution in [2.24, 2.45) is 11.0 Å². The summed E-state index contributed by atoms with van der Waals surface area (Å²) in [7, 11) is 0. The van der Waals surface area contributed by atoms with E-state index in [4.69, 9.17) is 11.6 Å². The normalized spacial score (nSPS) is 20.7. The van der Waals surface area contributed by atoms with Gasteiger partial charge in [0.15, 0.2) is 0 Å². The van der Waals surface area contributed by atoms with Gasteiger partial charge in [-0.05, 0) is 17.7 Å². The molecule has 1 fully saturated rings. The Hall–Kier alpha value is -2.18. The van der Waals surface area contributed by atoms with Crippen LogP contribution in [0, 0.1) is 5.92 Å². The van der Waals surface area contributed by atoms with E-state index in [2.05, 4.69) is 15.8 Å². The molecule has 0 radical (unpaired) electrons. The fourth-order valence-electron chi connectivity index (χ4n) is 2.56. The van der Waals surface area contributed by atoms with Gasteiger partial charge in [0.05, 0.1) is 10.6 Å². The molecule has 7 heteroatoms. The lowest BCUT2D eigenvalue weighted by molar-refractivity contribution is -0.133. The van der Waals surface area contributed by atoms with Gasteiger partial charge in [-0.2, -0.15) is 5.10 Å². The van der Waals surface area contributed by atoms with Crippen molar-refractivity contribution in [3.63, 3.8) is 0 Å². The van der Waals surface area contributed by atoms with Gasteiger partial charge in [-0.1, -0.05) is 41.9 Å². The average molecular weight is 348 g/mol. The number of hydrogen-bond acceptors (Lipinski definition) is 4. The number of nitrogens with one attached hydrogen (secondary N) is 2. The molecule has 0 unspecified atom stereocenters. The zero-order valence-electron chi connectivity index (χ0n) is 12.0. The number of halogens is 1. The van der Waals surface area contributed by atoms with E-state index in [1.807, 2.05) is 30.3 Å². The summed E-state index contributed by atoms with van der Waals surface area (Å²) in [5, 5.41) is 6.65. The van der Waals surface area contributed by atoms with Gasteiger partial charge in [0.2, 0.25) is 5.91 Å². The lowest BCUT2D eigenvalue weighted by Crippen LogP contribution is -2.34. The first kappa shape index (κ1) is 15.7. The molecule has 2 amide bonds. The van der Waals surface area contributed by atoms with Crippen molar-refractivity contribution in [3.05, 3.63) is 57.2 Å². The van der Waals surface area contributed by atoms with Crippen LogP contribution in [0.1, 0.15) is 16.4 Å². The Morgan fingerprint density at radius 3 is 2.78 bits per heavy atom. The van der Waals surface area contributed by atoms with Crippen LogP contribution in [-0.4, -0.2) is 24.6 Å². The van der Waals surface area contributed by atoms with Crippen LogP contribution >= 0.6 is 22.9 Å². The van der Waals surface area contributed by atoms with Crippen LogP contribution in [-0.2, 0) is 9.59 Å². The third-order valence-corrected chi connectivity index (χ3v) is 4.82. The predicted octanol–water partition coefficient (Wildman–Crippen LogP) is 2.38. The molecule has 1 aromatic carbocycles. The minimum absolute atomic E-state index is 0.185. The second kappa shape index (κ2) is 6.93. The largest absolute Gasteiger partial charge is 0.355 e. The highest BCUT2D eigenvalue weighted by atomic mass is 35.5. The fourth-order valence-corrected chi connectivity index (χ4v) is 3.49. The Kier molecular flexibility index (Phi) is 4.73. The van der Waals surface area contributed by atoms with Crippen molar-refractivity contribution in [3.8, 4) is 0 Å². The molecule has 2 heterocycles. The molecular weight excluding hydrogens is 334 g/mol. The second-order valence-corrected chi connectivity index (χ2v) is 6.86. The molecular formula is C16H14ClN3O2S. The van der Waals surface area contributed by atoms with E-state index >= 15 is 0 Å². The van der Waals surface area contributed by atoms with Crippen molar-refractivity contribution >= 4 is 41.0 Å². The maximum absolute atomic E-state index is 12.3. The molecule has 2 atom stereocenters. The topological polar surface area (TPSA) is 70.6 Å². The van der Waals surface area contributed by atoms with Gasteiger partial charge in [0.25, 0.3) is 5.91 Å². The molecule has 2 aromatic rings. The molecule has 3 rings (SSSR count). The first-order chi connectivity index (χ1) is 11.1. The quantitative estimate of drug-likeness (QED) is 0.506. The standard InChI is InChI=1S/C16H14ClN3O2S/c17-13-7-6-11(23-13)8-19-20-16(22)14-12(9-18-15(14)21)10-4-2-1-3-5-10/h1-8,12,14H,9H2,(H,18,21)(H,20,22)/b19-8-/t12-,14+/m0/s1. The summed E-state index contributed by atoms with van der Waals surface area (Å²) in [6, 6.07) is 13.1. The zero-order chi connectivity index (χ0) is 16.2. The molecule has 1 aliphatic rings. The van der Waals surface area contributed by atoms with E-state index in [1.165, 1.54) is 17.6 Å². The number of rotatable bonds is 4.